The van der Waals surface area contributed by atoms with E-state index < -0.39 is 40.8 Å². The topological polar surface area (TPSA) is 12.9 Å². The lowest BCUT2D eigenvalue weighted by Crippen LogP contribution is -2.11. The Labute approximate surface area is 316 Å². The predicted octanol–water partition coefficient (Wildman–Crippen LogP) is 15.0. The molecule has 0 saturated heterocycles. The molecule has 0 amide bonds. The molecule has 1 nitrogen and oxygen atoms in total. The second-order valence-electron chi connectivity index (χ2n) is 13.2. The molecule has 0 fully saturated rings. The number of alkyl halides is 9. The Balaban J connectivity index is 1.19. The third kappa shape index (κ3) is 7.48. The number of hydrogen-bond donors (Lipinski definition) is 0. The van der Waals surface area contributed by atoms with Crippen molar-refractivity contribution in [2.45, 2.75) is 18.5 Å². The average molecular weight is 788 g/mol. The first-order valence-corrected chi connectivity index (χ1v) is 17.6. The van der Waals surface area contributed by atoms with Gasteiger partial charge >= 0.3 is 18.5 Å². The minimum Gasteiger partial charge on any atom is -0.236 e. The van der Waals surface area contributed by atoms with Crippen LogP contribution >= 0.6 is 11.3 Å². The van der Waals surface area contributed by atoms with Crippen LogP contribution in [0, 0.1) is 5.82 Å². The summed E-state index contributed by atoms with van der Waals surface area (Å²) in [5, 5.41) is 2.33. The van der Waals surface area contributed by atoms with Gasteiger partial charge in [-0.15, -0.1) is 11.3 Å². The molecule has 56 heavy (non-hydrogen) atoms. The van der Waals surface area contributed by atoms with Gasteiger partial charge in [0.25, 0.3) is 0 Å². The van der Waals surface area contributed by atoms with Crippen molar-refractivity contribution in [1.82, 2.24) is 4.98 Å². The van der Waals surface area contributed by atoms with Crippen LogP contribution in [0.3, 0.4) is 0 Å². The molecule has 0 aliphatic carbocycles. The van der Waals surface area contributed by atoms with E-state index in [0.29, 0.717) is 28.8 Å². The number of nitrogens with zero attached hydrogens (tertiary/aromatic N) is 1. The molecule has 0 unspecified atom stereocenters. The van der Waals surface area contributed by atoms with Crippen LogP contribution in [0.1, 0.15) is 16.7 Å². The van der Waals surface area contributed by atoms with Crippen LogP contribution in [0.15, 0.2) is 140 Å². The summed E-state index contributed by atoms with van der Waals surface area (Å²) in [7, 11) is 0. The molecule has 12 heteroatoms. The molecule has 7 aromatic carbocycles. The summed E-state index contributed by atoms with van der Waals surface area (Å²) in [6.45, 7) is 0. The van der Waals surface area contributed by atoms with Crippen molar-refractivity contribution >= 4 is 32.3 Å². The summed E-state index contributed by atoms with van der Waals surface area (Å²) in [6, 6.07) is 33.0. The molecule has 8 aromatic rings. The zero-order chi connectivity index (χ0) is 39.6. The normalized spacial score (nSPS) is 12.5. The van der Waals surface area contributed by atoms with Gasteiger partial charge in [-0.2, -0.15) is 39.5 Å². The van der Waals surface area contributed by atoms with Crippen molar-refractivity contribution in [3.05, 3.63) is 162 Å². The van der Waals surface area contributed by atoms with Gasteiger partial charge in [0, 0.05) is 5.56 Å². The van der Waals surface area contributed by atoms with Gasteiger partial charge in [0.2, 0.25) is 0 Å². The number of benzene rings is 7. The zero-order valence-corrected chi connectivity index (χ0v) is 29.2. The summed E-state index contributed by atoms with van der Waals surface area (Å²) in [4.78, 5) is 4.60. The lowest BCUT2D eigenvalue weighted by atomic mass is 9.90. The summed E-state index contributed by atoms with van der Waals surface area (Å²) >= 11 is 1.38. The second-order valence-corrected chi connectivity index (χ2v) is 14.2. The molecule has 0 N–H and O–H groups in total. The lowest BCUT2D eigenvalue weighted by Gasteiger charge is -2.17. The summed E-state index contributed by atoms with van der Waals surface area (Å²) in [5.41, 5.74) is 0.0300. The number of aromatic nitrogens is 1. The van der Waals surface area contributed by atoms with E-state index in [0.717, 1.165) is 49.3 Å². The average Bonchev–Trinajstić information content (AvgIpc) is 3.59. The van der Waals surface area contributed by atoms with Crippen LogP contribution in [0.5, 0.6) is 0 Å². The fraction of sp³-hybridized carbons (Fsp3) is 0.0682. The maximum atomic E-state index is 13.8. The second kappa shape index (κ2) is 13.6. The van der Waals surface area contributed by atoms with E-state index in [9.17, 15) is 43.9 Å². The molecule has 0 atom stereocenters. The minimum atomic E-state index is -5.10. The molecule has 0 aliphatic heterocycles. The first kappa shape index (κ1) is 36.9. The Kier molecular flexibility index (Phi) is 8.99. The van der Waals surface area contributed by atoms with Gasteiger partial charge in [-0.1, -0.05) is 60.7 Å². The van der Waals surface area contributed by atoms with Gasteiger partial charge in [0.1, 0.15) is 10.8 Å². The Morgan fingerprint density at radius 3 is 1.41 bits per heavy atom. The SMILES string of the molecule is Fc1ccc2nc(-c3ccc(-c4ccc5cc(-c6cc(-c7cccc(C(F)(F)F)c7)cc(-c7cc(C(F)(F)F)cc(C(F)(F)F)c7)c6)ccc5c4)cc3)sc2c1. The van der Waals surface area contributed by atoms with Crippen LogP contribution in [-0.4, -0.2) is 4.98 Å². The molecule has 0 radical (unpaired) electrons. The Morgan fingerprint density at radius 1 is 0.375 bits per heavy atom. The maximum absolute atomic E-state index is 13.8. The Hall–Kier alpha value is -6.01. The molecule has 0 spiro atoms. The Morgan fingerprint density at radius 2 is 0.839 bits per heavy atom. The van der Waals surface area contributed by atoms with Crippen LogP contribution < -0.4 is 0 Å². The molecule has 280 valence electrons. The van der Waals surface area contributed by atoms with Gasteiger partial charge < -0.3 is 0 Å². The maximum Gasteiger partial charge on any atom is 0.416 e. The van der Waals surface area contributed by atoms with Crippen molar-refractivity contribution in [3.63, 3.8) is 0 Å². The highest BCUT2D eigenvalue weighted by Gasteiger charge is 2.37. The van der Waals surface area contributed by atoms with Crippen molar-refractivity contribution in [3.8, 4) is 55.1 Å². The van der Waals surface area contributed by atoms with Gasteiger partial charge in [-0.25, -0.2) is 9.37 Å². The van der Waals surface area contributed by atoms with Crippen LogP contribution in [0.2, 0.25) is 0 Å². The van der Waals surface area contributed by atoms with Gasteiger partial charge in [0.15, 0.2) is 0 Å². The standard InChI is InChI=1S/C44H23F10NS/c45-38-12-13-39-40(23-38)56-41(55-39)25-6-4-24(5-7-25)27-8-9-29-15-30(11-10-28(29)14-27)32-16-31(26-2-1-3-35(19-26)42(46,47)48)17-33(18-32)34-20-36(43(49,50)51)22-37(21-34)44(52,53)54/h1-23H. The first-order chi connectivity index (χ1) is 26.5. The van der Waals surface area contributed by atoms with Crippen molar-refractivity contribution in [2.24, 2.45) is 0 Å². The number of thiazole rings is 1. The highest BCUT2D eigenvalue weighted by atomic mass is 32.1. The van der Waals surface area contributed by atoms with Crippen LogP contribution in [-0.2, 0) is 18.5 Å². The molecule has 8 rings (SSSR count). The number of hydrogen-bond acceptors (Lipinski definition) is 2. The molecule has 0 saturated carbocycles. The van der Waals surface area contributed by atoms with Crippen LogP contribution in [0.25, 0.3) is 76.1 Å². The highest BCUT2D eigenvalue weighted by Crippen LogP contribution is 2.42. The summed E-state index contributed by atoms with van der Waals surface area (Å²) in [5.74, 6) is -0.335. The van der Waals surface area contributed by atoms with Gasteiger partial charge in [-0.05, 0) is 134 Å². The van der Waals surface area contributed by atoms with Crippen molar-refractivity contribution in [1.29, 1.82) is 0 Å². The third-order valence-corrected chi connectivity index (χ3v) is 10.4. The number of rotatable bonds is 5. The van der Waals surface area contributed by atoms with Crippen molar-refractivity contribution < 1.29 is 43.9 Å². The molecule has 0 bridgehead atoms. The first-order valence-electron chi connectivity index (χ1n) is 16.8. The summed E-state index contributed by atoms with van der Waals surface area (Å²) in [6.07, 6.45) is -14.9. The van der Waals surface area contributed by atoms with E-state index in [1.54, 1.807) is 24.3 Å². The predicted molar refractivity (Wildman–Crippen MR) is 199 cm³/mol. The third-order valence-electron chi connectivity index (χ3n) is 9.37. The van der Waals surface area contributed by atoms with E-state index in [4.69, 9.17) is 0 Å². The monoisotopic (exact) mass is 787 g/mol. The van der Waals surface area contributed by atoms with Crippen molar-refractivity contribution in [2.75, 3.05) is 0 Å². The minimum absolute atomic E-state index is 0.0267. The molecule has 0 aliphatic rings. The quantitative estimate of drug-likeness (QED) is 0.158. The zero-order valence-electron chi connectivity index (χ0n) is 28.4. The van der Waals surface area contributed by atoms with E-state index in [2.05, 4.69) is 4.98 Å². The number of fused-ring (bicyclic) bond motifs is 2. The Bertz CT molecular complexity index is 2740. The molecular weight excluding hydrogens is 765 g/mol. The fourth-order valence-electron chi connectivity index (χ4n) is 6.56. The smallest absolute Gasteiger partial charge is 0.236 e. The van der Waals surface area contributed by atoms with E-state index in [1.807, 2.05) is 48.5 Å². The van der Waals surface area contributed by atoms with E-state index in [-0.39, 0.29) is 28.6 Å². The lowest BCUT2D eigenvalue weighted by molar-refractivity contribution is -0.143. The largest absolute Gasteiger partial charge is 0.416 e. The highest BCUT2D eigenvalue weighted by molar-refractivity contribution is 7.21. The molecule has 1 heterocycles. The van der Waals surface area contributed by atoms with Gasteiger partial charge in [-0.3, -0.25) is 0 Å². The summed E-state index contributed by atoms with van der Waals surface area (Å²) < 4.78 is 138. The molecule has 1 aromatic heterocycles. The number of halogens is 10. The van der Waals surface area contributed by atoms with E-state index >= 15 is 0 Å². The molecular formula is C44H23F10NS. The fourth-order valence-corrected chi connectivity index (χ4v) is 7.55. The van der Waals surface area contributed by atoms with Crippen LogP contribution in [0.4, 0.5) is 43.9 Å². The van der Waals surface area contributed by atoms with Gasteiger partial charge in [0.05, 0.1) is 26.9 Å². The van der Waals surface area contributed by atoms with E-state index in [1.165, 1.54) is 47.7 Å².